The minimum atomic E-state index is 0.171. The highest BCUT2D eigenvalue weighted by Gasteiger charge is 2.10. The molecular weight excluding hydrogens is 470 g/mol. The topological polar surface area (TPSA) is 50.4 Å². The molecule has 0 unspecified atom stereocenters. The molecule has 0 amide bonds. The van der Waals surface area contributed by atoms with Gasteiger partial charge < -0.3 is 9.67 Å². The lowest BCUT2D eigenvalue weighted by atomic mass is 10.1. The van der Waals surface area contributed by atoms with Crippen LogP contribution in [0.2, 0.25) is 0 Å². The Bertz CT molecular complexity index is 950. The summed E-state index contributed by atoms with van der Waals surface area (Å²) in [5.41, 5.74) is 2.68. The molecule has 2 aromatic carbocycles. The third-order valence-electron chi connectivity index (χ3n) is 4.50. The van der Waals surface area contributed by atoms with Crippen molar-refractivity contribution in [2.45, 2.75) is 45.6 Å². The van der Waals surface area contributed by atoms with E-state index in [9.17, 15) is 5.11 Å². The fourth-order valence-electron chi connectivity index (χ4n) is 3.07. The predicted molar refractivity (Wildman–Crippen MR) is 119 cm³/mol. The zero-order valence-corrected chi connectivity index (χ0v) is 18.5. The third kappa shape index (κ3) is 4.99. The van der Waals surface area contributed by atoms with Gasteiger partial charge in [-0.3, -0.25) is 0 Å². The first-order chi connectivity index (χ1) is 13.1. The van der Waals surface area contributed by atoms with Crippen molar-refractivity contribution in [1.29, 1.82) is 0 Å². The summed E-state index contributed by atoms with van der Waals surface area (Å²) in [6.07, 6.45) is 7.78. The zero-order valence-electron chi connectivity index (χ0n) is 15.3. The van der Waals surface area contributed by atoms with Crippen LogP contribution in [0.4, 0.5) is 5.95 Å². The lowest BCUT2D eigenvalue weighted by molar-refractivity contribution is 0.471. The molecule has 1 heterocycles. The lowest BCUT2D eigenvalue weighted by Gasteiger charge is -2.07. The highest BCUT2D eigenvalue weighted by molar-refractivity contribution is 9.11. The number of nitrogens with zero attached hydrogens (tertiary/aromatic N) is 3. The molecule has 0 atom stereocenters. The van der Waals surface area contributed by atoms with Gasteiger partial charge >= 0.3 is 0 Å². The Morgan fingerprint density at radius 2 is 1.89 bits per heavy atom. The first-order valence-corrected chi connectivity index (χ1v) is 10.9. The molecule has 1 N–H and O–H groups in total. The molecule has 0 bridgehead atoms. The summed E-state index contributed by atoms with van der Waals surface area (Å²) in [5, 5.41) is 10.2. The van der Waals surface area contributed by atoms with Gasteiger partial charge in [0.2, 0.25) is 5.95 Å². The molecule has 142 valence electrons. The van der Waals surface area contributed by atoms with Crippen molar-refractivity contribution in [3.8, 4) is 5.75 Å². The number of fused-ring (bicyclic) bond motifs is 1. The number of hydrogen-bond acceptors (Lipinski definition) is 3. The number of aliphatic imine (C=N–C) groups is 1. The molecule has 0 aliphatic carbocycles. The van der Waals surface area contributed by atoms with Gasteiger partial charge in [-0.25, -0.2) is 9.98 Å². The van der Waals surface area contributed by atoms with Gasteiger partial charge in [-0.1, -0.05) is 60.7 Å². The maximum atomic E-state index is 10.2. The van der Waals surface area contributed by atoms with Gasteiger partial charge in [-0.05, 0) is 46.6 Å². The number of rotatable bonds is 8. The number of phenolic OH excluding ortho intramolecular Hbond substituents is 1. The van der Waals surface area contributed by atoms with Crippen LogP contribution in [-0.2, 0) is 6.54 Å². The molecule has 27 heavy (non-hydrogen) atoms. The highest BCUT2D eigenvalue weighted by atomic mass is 79.9. The molecule has 3 rings (SSSR count). The van der Waals surface area contributed by atoms with Crippen LogP contribution in [0.1, 0.15) is 44.6 Å². The first kappa shape index (κ1) is 20.1. The minimum absolute atomic E-state index is 0.171. The van der Waals surface area contributed by atoms with Crippen LogP contribution in [-0.4, -0.2) is 20.9 Å². The van der Waals surface area contributed by atoms with Gasteiger partial charge in [0.05, 0.1) is 15.5 Å². The van der Waals surface area contributed by atoms with E-state index in [-0.39, 0.29) is 5.75 Å². The Morgan fingerprint density at radius 1 is 1.11 bits per heavy atom. The van der Waals surface area contributed by atoms with Gasteiger partial charge in [-0.2, -0.15) is 0 Å². The van der Waals surface area contributed by atoms with Crippen molar-refractivity contribution < 1.29 is 5.11 Å². The number of imidazole rings is 1. The van der Waals surface area contributed by atoms with Crippen molar-refractivity contribution in [3.63, 3.8) is 0 Å². The quantitative estimate of drug-likeness (QED) is 0.272. The molecule has 0 saturated carbocycles. The normalized spacial score (nSPS) is 11.7. The smallest absolute Gasteiger partial charge is 0.230 e. The zero-order chi connectivity index (χ0) is 19.2. The molecule has 1 aromatic heterocycles. The first-order valence-electron chi connectivity index (χ1n) is 9.27. The van der Waals surface area contributed by atoms with Gasteiger partial charge in [0.15, 0.2) is 0 Å². The molecule has 3 aromatic rings. The monoisotopic (exact) mass is 491 g/mol. The Morgan fingerprint density at radius 3 is 2.70 bits per heavy atom. The average Bonchev–Trinajstić information content (AvgIpc) is 3.01. The van der Waals surface area contributed by atoms with Crippen molar-refractivity contribution in [2.24, 2.45) is 4.99 Å². The molecule has 0 aliphatic rings. The van der Waals surface area contributed by atoms with E-state index in [1.54, 1.807) is 12.3 Å². The second-order valence-corrected chi connectivity index (χ2v) is 8.32. The summed E-state index contributed by atoms with van der Waals surface area (Å²) >= 11 is 6.81. The summed E-state index contributed by atoms with van der Waals surface area (Å²) < 4.78 is 3.67. The number of aromatic hydroxyl groups is 1. The Hall–Kier alpha value is -1.66. The van der Waals surface area contributed by atoms with Crippen LogP contribution in [0.15, 0.2) is 50.3 Å². The van der Waals surface area contributed by atoms with Crippen molar-refractivity contribution >= 4 is 55.1 Å². The van der Waals surface area contributed by atoms with Gasteiger partial charge in [0.1, 0.15) is 5.75 Å². The van der Waals surface area contributed by atoms with Crippen molar-refractivity contribution in [1.82, 2.24) is 9.55 Å². The summed E-state index contributed by atoms with van der Waals surface area (Å²) in [6.45, 7) is 3.12. The van der Waals surface area contributed by atoms with Crippen LogP contribution in [0, 0.1) is 0 Å². The Labute approximate surface area is 176 Å². The van der Waals surface area contributed by atoms with E-state index in [2.05, 4.69) is 59.4 Å². The number of hydrogen-bond donors (Lipinski definition) is 1. The summed E-state index contributed by atoms with van der Waals surface area (Å²) in [7, 11) is 0. The fraction of sp³-hybridized carbons (Fsp3) is 0.333. The largest absolute Gasteiger partial charge is 0.506 e. The molecule has 0 fully saturated rings. The Kier molecular flexibility index (Phi) is 7.07. The van der Waals surface area contributed by atoms with Gasteiger partial charge in [0.25, 0.3) is 0 Å². The molecule has 4 nitrogen and oxygen atoms in total. The van der Waals surface area contributed by atoms with E-state index in [4.69, 9.17) is 0 Å². The minimum Gasteiger partial charge on any atom is -0.506 e. The summed E-state index contributed by atoms with van der Waals surface area (Å²) in [5.74, 6) is 0.839. The van der Waals surface area contributed by atoms with Crippen molar-refractivity contribution in [2.75, 3.05) is 0 Å². The molecule has 0 radical (unpaired) electrons. The summed E-state index contributed by atoms with van der Waals surface area (Å²) in [6, 6.07) is 11.8. The van der Waals surface area contributed by atoms with Gasteiger partial charge in [-0.15, -0.1) is 0 Å². The van der Waals surface area contributed by atoms with E-state index in [0.29, 0.717) is 16.0 Å². The summed E-state index contributed by atoms with van der Waals surface area (Å²) in [4.78, 5) is 9.27. The van der Waals surface area contributed by atoms with E-state index >= 15 is 0 Å². The number of halogens is 2. The molecule has 0 saturated heterocycles. The molecular formula is C21H23Br2N3O. The van der Waals surface area contributed by atoms with E-state index < -0.39 is 0 Å². The predicted octanol–water partition coefficient (Wildman–Crippen LogP) is 6.99. The maximum absolute atomic E-state index is 10.2. The van der Waals surface area contributed by atoms with E-state index in [0.717, 1.165) is 28.5 Å². The number of unbranched alkanes of at least 4 members (excludes halogenated alkanes) is 4. The second-order valence-electron chi connectivity index (χ2n) is 6.55. The highest BCUT2D eigenvalue weighted by Crippen LogP contribution is 2.31. The van der Waals surface area contributed by atoms with Crippen molar-refractivity contribution in [3.05, 3.63) is 50.9 Å². The van der Waals surface area contributed by atoms with Crippen LogP contribution in [0.5, 0.6) is 5.75 Å². The van der Waals surface area contributed by atoms with Crippen LogP contribution < -0.4 is 0 Å². The number of aromatic nitrogens is 2. The standard InChI is InChI=1S/C21H23Br2N3O/c1-2-3-4-5-8-11-26-19-10-7-6-9-18(19)25-21(26)24-14-15-12-16(22)13-17(23)20(15)27/h6-7,9-10,12-14,27H,2-5,8,11H2,1H3. The number of aryl methyl sites for hydroxylation is 1. The number of benzene rings is 2. The second kappa shape index (κ2) is 9.51. The molecule has 0 aliphatic heterocycles. The SMILES string of the molecule is CCCCCCCn1c(N=Cc2cc(Br)cc(Br)c2O)nc2ccccc21. The van der Waals surface area contributed by atoms with Crippen LogP contribution in [0.3, 0.4) is 0 Å². The third-order valence-corrected chi connectivity index (χ3v) is 5.56. The van der Waals surface area contributed by atoms with Gasteiger partial charge in [0, 0.05) is 22.8 Å². The van der Waals surface area contributed by atoms with E-state index in [1.807, 2.05) is 24.3 Å². The van der Waals surface area contributed by atoms with Crippen LogP contribution >= 0.6 is 31.9 Å². The fourth-order valence-corrected chi connectivity index (χ4v) is 4.33. The Balaban J connectivity index is 1.88. The number of para-hydroxylation sites is 2. The molecule has 0 spiro atoms. The van der Waals surface area contributed by atoms with E-state index in [1.165, 1.54) is 25.7 Å². The van der Waals surface area contributed by atoms with Crippen LogP contribution in [0.25, 0.3) is 11.0 Å². The average molecular weight is 493 g/mol. The molecule has 6 heteroatoms. The maximum Gasteiger partial charge on any atom is 0.230 e. The lowest BCUT2D eigenvalue weighted by Crippen LogP contribution is -1.98. The number of phenols is 1.